The van der Waals surface area contributed by atoms with Crippen molar-refractivity contribution in [2.75, 3.05) is 30.6 Å². The predicted molar refractivity (Wildman–Crippen MR) is 113 cm³/mol. The Morgan fingerprint density at radius 3 is 2.35 bits per heavy atom. The molecular weight excluding hydrogens is 366 g/mol. The minimum Gasteiger partial charge on any atom is -0.397 e. The number of allylic oxidation sites excluding steroid dienone is 1. The summed E-state index contributed by atoms with van der Waals surface area (Å²) in [6.45, 7) is 1.97. The first-order valence-electron chi connectivity index (χ1n) is 7.94. The van der Waals surface area contributed by atoms with Crippen LogP contribution in [0.15, 0.2) is 57.8 Å². The van der Waals surface area contributed by atoms with Crippen LogP contribution in [0.1, 0.15) is 22.8 Å². The molecule has 0 bridgehead atoms. The van der Waals surface area contributed by atoms with Gasteiger partial charge in [0.1, 0.15) is 0 Å². The van der Waals surface area contributed by atoms with Crippen LogP contribution in [0.3, 0.4) is 0 Å². The van der Waals surface area contributed by atoms with E-state index in [9.17, 15) is 9.00 Å². The number of anilines is 2. The van der Waals surface area contributed by atoms with Crippen molar-refractivity contribution >= 4 is 43.7 Å². The molecule has 0 spiro atoms. The van der Waals surface area contributed by atoms with Crippen molar-refractivity contribution in [2.24, 2.45) is 4.36 Å². The third kappa shape index (κ3) is 4.47. The highest BCUT2D eigenvalue weighted by Crippen LogP contribution is 2.30. The Kier molecular flexibility index (Phi) is 6.50. The van der Waals surface area contributed by atoms with Gasteiger partial charge in [0.05, 0.1) is 21.1 Å². The van der Waals surface area contributed by atoms with Crippen LogP contribution in [-0.2, 0) is 9.73 Å². The monoisotopic (exact) mass is 389 g/mol. The number of thioether (sulfide) groups is 1. The number of nitrogens with zero attached hydrogens (tertiary/aromatic N) is 1. The minimum atomic E-state index is -2.41. The molecule has 0 aliphatic carbocycles. The fourth-order valence-corrected chi connectivity index (χ4v) is 3.83. The van der Waals surface area contributed by atoms with Gasteiger partial charge in [-0.3, -0.25) is 4.79 Å². The van der Waals surface area contributed by atoms with Crippen molar-refractivity contribution in [3.8, 4) is 0 Å². The lowest BCUT2D eigenvalue weighted by Crippen LogP contribution is -2.13. The molecule has 5 nitrogen and oxygen atoms in total. The number of carbonyl (C=O) groups is 1. The summed E-state index contributed by atoms with van der Waals surface area (Å²) < 4.78 is 16.1. The average molecular weight is 390 g/mol. The maximum Gasteiger partial charge on any atom is 0.255 e. The molecule has 0 aromatic heterocycles. The summed E-state index contributed by atoms with van der Waals surface area (Å²) in [7, 11) is -0.892. The van der Waals surface area contributed by atoms with Crippen LogP contribution in [0, 0.1) is 0 Å². The van der Waals surface area contributed by atoms with E-state index in [1.165, 1.54) is 7.05 Å². The normalized spacial score (nSPS) is 13.8. The average Bonchev–Trinajstić information content (AvgIpc) is 2.65. The first-order chi connectivity index (χ1) is 12.3. The summed E-state index contributed by atoms with van der Waals surface area (Å²) in [6.07, 6.45) is 5.58. The quantitative estimate of drug-likeness (QED) is 0.745. The Morgan fingerprint density at radius 2 is 1.81 bits per heavy atom. The molecule has 0 saturated heterocycles. The van der Waals surface area contributed by atoms with E-state index in [4.69, 9.17) is 5.73 Å². The molecule has 0 aliphatic heterocycles. The van der Waals surface area contributed by atoms with Gasteiger partial charge in [0.25, 0.3) is 5.91 Å². The summed E-state index contributed by atoms with van der Waals surface area (Å²) in [5.74, 6) is -0.275. The highest BCUT2D eigenvalue weighted by molar-refractivity contribution is 8.07. The molecule has 0 aliphatic rings. The first-order valence-corrected chi connectivity index (χ1v) is 11.1. The van der Waals surface area contributed by atoms with Crippen LogP contribution in [0.4, 0.5) is 11.4 Å². The van der Waals surface area contributed by atoms with E-state index in [2.05, 4.69) is 9.68 Å². The number of amides is 1. The van der Waals surface area contributed by atoms with E-state index in [1.54, 1.807) is 48.3 Å². The highest BCUT2D eigenvalue weighted by atomic mass is 32.2. The van der Waals surface area contributed by atoms with Crippen LogP contribution in [0.2, 0.25) is 0 Å². The first kappa shape index (κ1) is 20.1. The molecule has 1 atom stereocenters. The molecule has 0 fully saturated rings. The lowest BCUT2D eigenvalue weighted by molar-refractivity contribution is 0.102. The number of nitrogens with one attached hydrogen (secondary N) is 1. The molecule has 26 heavy (non-hydrogen) atoms. The van der Waals surface area contributed by atoms with E-state index in [1.807, 2.05) is 31.4 Å². The smallest absolute Gasteiger partial charge is 0.255 e. The van der Waals surface area contributed by atoms with Gasteiger partial charge in [-0.25, -0.2) is 8.57 Å². The lowest BCUT2D eigenvalue weighted by Gasteiger charge is -2.12. The second-order valence-corrected chi connectivity index (χ2v) is 8.91. The van der Waals surface area contributed by atoms with E-state index in [0.717, 1.165) is 10.5 Å². The third-order valence-corrected chi connectivity index (χ3v) is 6.73. The lowest BCUT2D eigenvalue weighted by atomic mass is 10.1. The topological polar surface area (TPSA) is 84.5 Å². The zero-order valence-electron chi connectivity index (χ0n) is 15.3. The second kappa shape index (κ2) is 8.42. The van der Waals surface area contributed by atoms with Crippen molar-refractivity contribution in [2.45, 2.75) is 11.8 Å². The van der Waals surface area contributed by atoms with Crippen LogP contribution in [0.5, 0.6) is 0 Å². The number of carbonyl (C=O) groups excluding carboxylic acids is 1. The van der Waals surface area contributed by atoms with Gasteiger partial charge in [-0.15, -0.1) is 11.8 Å². The Bertz CT molecular complexity index is 957. The van der Waals surface area contributed by atoms with Crippen molar-refractivity contribution < 1.29 is 9.00 Å². The third-order valence-electron chi connectivity index (χ3n) is 3.97. The maximum atomic E-state index is 12.5. The van der Waals surface area contributed by atoms with Crippen LogP contribution >= 0.6 is 11.8 Å². The zero-order valence-corrected chi connectivity index (χ0v) is 16.9. The number of nitrogens with two attached hydrogens (primary N) is 1. The van der Waals surface area contributed by atoms with Crippen LogP contribution in [-0.4, -0.2) is 29.7 Å². The van der Waals surface area contributed by atoms with E-state index in [0.29, 0.717) is 21.8 Å². The summed E-state index contributed by atoms with van der Waals surface area (Å²) in [4.78, 5) is 14.2. The Hall–Kier alpha value is -2.25. The van der Waals surface area contributed by atoms with Crippen molar-refractivity contribution in [3.63, 3.8) is 0 Å². The van der Waals surface area contributed by atoms with Gasteiger partial charge in [0.2, 0.25) is 0 Å². The Balaban J connectivity index is 2.27. The molecule has 7 heteroatoms. The van der Waals surface area contributed by atoms with Gasteiger partial charge >= 0.3 is 0 Å². The summed E-state index contributed by atoms with van der Waals surface area (Å²) in [5, 5.41) is 2.85. The SMILES string of the molecule is C/C=C(\SC)c1ccc(N)c(NC(=O)c2ccc(S(C)(=O)=NC)cc2)c1. The molecule has 1 unspecified atom stereocenters. The molecule has 1 amide bonds. The molecule has 0 saturated carbocycles. The molecule has 3 N–H and O–H groups in total. The second-order valence-electron chi connectivity index (χ2n) is 5.62. The van der Waals surface area contributed by atoms with Crippen molar-refractivity contribution in [1.82, 2.24) is 0 Å². The van der Waals surface area contributed by atoms with Gasteiger partial charge in [-0.1, -0.05) is 12.1 Å². The van der Waals surface area contributed by atoms with Gasteiger partial charge < -0.3 is 11.1 Å². The van der Waals surface area contributed by atoms with Crippen LogP contribution < -0.4 is 11.1 Å². The Labute approximate surface area is 159 Å². The van der Waals surface area contributed by atoms with E-state index >= 15 is 0 Å². The standard InChI is InChI=1S/C19H23N3O2S2/c1-5-18(25-3)14-8-11-16(20)17(12-14)22-19(23)13-6-9-15(10-7-13)26(4,24)21-2/h5-12H,20H2,1-4H3,(H,22,23)/b18-5-. The molecule has 2 aromatic rings. The van der Waals surface area contributed by atoms with E-state index < -0.39 is 9.73 Å². The number of hydrogen-bond acceptors (Lipinski definition) is 5. The molecular formula is C19H23N3O2S2. The zero-order chi connectivity index (χ0) is 19.3. The van der Waals surface area contributed by atoms with E-state index in [-0.39, 0.29) is 5.91 Å². The van der Waals surface area contributed by atoms with Gasteiger partial charge in [-0.2, -0.15) is 0 Å². The fraction of sp³-hybridized carbons (Fsp3) is 0.211. The van der Waals surface area contributed by atoms with Crippen molar-refractivity contribution in [1.29, 1.82) is 0 Å². The summed E-state index contributed by atoms with van der Waals surface area (Å²) in [6, 6.07) is 12.2. The maximum absolute atomic E-state index is 12.5. The molecule has 138 valence electrons. The minimum absolute atomic E-state index is 0.275. The fourth-order valence-electron chi connectivity index (χ4n) is 2.38. The van der Waals surface area contributed by atoms with Gasteiger partial charge in [-0.05, 0) is 55.1 Å². The number of hydrogen-bond donors (Lipinski definition) is 2. The summed E-state index contributed by atoms with van der Waals surface area (Å²) in [5.41, 5.74) is 8.52. The molecule has 2 rings (SSSR count). The van der Waals surface area contributed by atoms with Gasteiger partial charge in [0, 0.05) is 28.7 Å². The largest absolute Gasteiger partial charge is 0.397 e. The number of benzene rings is 2. The predicted octanol–water partition coefficient (Wildman–Crippen LogP) is 4.33. The van der Waals surface area contributed by atoms with Crippen LogP contribution in [0.25, 0.3) is 4.91 Å². The number of nitrogen functional groups attached to an aromatic ring is 1. The van der Waals surface area contributed by atoms with Crippen molar-refractivity contribution in [3.05, 3.63) is 59.7 Å². The molecule has 0 heterocycles. The van der Waals surface area contributed by atoms with Gasteiger partial charge in [0.15, 0.2) is 0 Å². The summed E-state index contributed by atoms with van der Waals surface area (Å²) >= 11 is 1.63. The molecule has 2 aromatic carbocycles. The Morgan fingerprint density at radius 1 is 1.19 bits per heavy atom. The number of rotatable bonds is 5. The highest BCUT2D eigenvalue weighted by Gasteiger charge is 2.11. The molecule has 0 radical (unpaired) electrons.